The van der Waals surface area contributed by atoms with Gasteiger partial charge in [-0.2, -0.15) is 0 Å². The van der Waals surface area contributed by atoms with Crippen LogP contribution in [0.2, 0.25) is 0 Å². The zero-order valence-corrected chi connectivity index (χ0v) is 10.1. The molecule has 0 radical (unpaired) electrons. The minimum atomic E-state index is 0.394. The molecule has 0 saturated heterocycles. The van der Waals surface area contributed by atoms with E-state index in [1.54, 1.807) is 5.56 Å². The van der Waals surface area contributed by atoms with E-state index >= 15 is 0 Å². The van der Waals surface area contributed by atoms with Gasteiger partial charge in [-0.15, -0.1) is 6.58 Å². The summed E-state index contributed by atoms with van der Waals surface area (Å²) in [7, 11) is 2.05. The fraction of sp³-hybridized carbons (Fsp3) is 0.467. The van der Waals surface area contributed by atoms with Crippen LogP contribution in [0.25, 0.3) is 0 Å². The van der Waals surface area contributed by atoms with Crippen LogP contribution in [0.4, 0.5) is 0 Å². The number of rotatable bonds is 4. The summed E-state index contributed by atoms with van der Waals surface area (Å²) in [5.74, 6) is 0. The lowest BCUT2D eigenvalue weighted by Gasteiger charge is -2.37. The summed E-state index contributed by atoms with van der Waals surface area (Å²) in [4.78, 5) is 0. The molecular weight excluding hydrogens is 194 g/mol. The summed E-state index contributed by atoms with van der Waals surface area (Å²) in [6.07, 6.45) is 6.87. The average Bonchev–Trinajstić information content (AvgIpc) is 2.30. The number of fused-ring (bicyclic) bond motifs is 1. The molecule has 0 heterocycles. The predicted octanol–water partition coefficient (Wildman–Crippen LogP) is 2.96. The number of hydrogen-bond donors (Lipinski definition) is 1. The molecule has 1 atom stereocenters. The lowest BCUT2D eigenvalue weighted by Crippen LogP contribution is -2.37. The summed E-state index contributed by atoms with van der Waals surface area (Å²) in [6, 6.07) is 8.86. The van der Waals surface area contributed by atoms with Crippen molar-refractivity contribution in [2.45, 2.75) is 25.7 Å². The summed E-state index contributed by atoms with van der Waals surface area (Å²) >= 11 is 0. The Kier molecular flexibility index (Phi) is 3.45. The third kappa shape index (κ3) is 2.19. The largest absolute Gasteiger partial charge is 0.319 e. The van der Waals surface area contributed by atoms with E-state index in [9.17, 15) is 0 Å². The summed E-state index contributed by atoms with van der Waals surface area (Å²) in [5.41, 5.74) is 3.47. The molecule has 1 aliphatic carbocycles. The second kappa shape index (κ2) is 4.84. The molecule has 16 heavy (non-hydrogen) atoms. The maximum absolute atomic E-state index is 3.91. The molecule has 1 heteroatoms. The van der Waals surface area contributed by atoms with Crippen molar-refractivity contribution in [2.24, 2.45) is 5.41 Å². The molecule has 1 aromatic carbocycles. The first-order valence-electron chi connectivity index (χ1n) is 6.12. The second-order valence-electron chi connectivity index (χ2n) is 4.97. The topological polar surface area (TPSA) is 12.0 Å². The molecule has 1 nitrogen and oxygen atoms in total. The van der Waals surface area contributed by atoms with E-state index in [0.717, 1.165) is 13.0 Å². The predicted molar refractivity (Wildman–Crippen MR) is 69.6 cm³/mol. The van der Waals surface area contributed by atoms with Crippen LogP contribution in [-0.2, 0) is 12.8 Å². The summed E-state index contributed by atoms with van der Waals surface area (Å²) in [6.45, 7) is 5.00. The lowest BCUT2D eigenvalue weighted by atomic mass is 9.69. The van der Waals surface area contributed by atoms with Gasteiger partial charge in [-0.25, -0.2) is 0 Å². The zero-order chi connectivity index (χ0) is 11.4. The van der Waals surface area contributed by atoms with E-state index in [1.165, 1.54) is 24.8 Å². The van der Waals surface area contributed by atoms with Gasteiger partial charge in [0.15, 0.2) is 0 Å². The Bertz CT molecular complexity index is 369. The Morgan fingerprint density at radius 3 is 2.81 bits per heavy atom. The molecule has 2 rings (SSSR count). The minimum Gasteiger partial charge on any atom is -0.319 e. The first-order chi connectivity index (χ1) is 7.79. The van der Waals surface area contributed by atoms with Gasteiger partial charge in [0.2, 0.25) is 0 Å². The van der Waals surface area contributed by atoms with Crippen LogP contribution in [0.3, 0.4) is 0 Å². The van der Waals surface area contributed by atoms with Gasteiger partial charge in [0.05, 0.1) is 0 Å². The third-order valence-electron chi connectivity index (χ3n) is 3.74. The van der Waals surface area contributed by atoms with E-state index in [1.807, 2.05) is 7.05 Å². The van der Waals surface area contributed by atoms with Crippen LogP contribution in [0.5, 0.6) is 0 Å². The van der Waals surface area contributed by atoms with Crippen molar-refractivity contribution in [1.29, 1.82) is 0 Å². The Hall–Kier alpha value is -1.08. The van der Waals surface area contributed by atoms with Gasteiger partial charge in [0.25, 0.3) is 0 Å². The molecule has 0 bridgehead atoms. The van der Waals surface area contributed by atoms with Crippen LogP contribution in [0.1, 0.15) is 24.0 Å². The van der Waals surface area contributed by atoms with Crippen molar-refractivity contribution in [2.75, 3.05) is 13.6 Å². The third-order valence-corrected chi connectivity index (χ3v) is 3.74. The number of hydrogen-bond acceptors (Lipinski definition) is 1. The molecule has 1 unspecified atom stereocenters. The van der Waals surface area contributed by atoms with E-state index < -0.39 is 0 Å². The molecule has 0 aliphatic heterocycles. The highest BCUT2D eigenvalue weighted by molar-refractivity contribution is 5.31. The lowest BCUT2D eigenvalue weighted by molar-refractivity contribution is 0.243. The highest BCUT2D eigenvalue weighted by atomic mass is 14.8. The van der Waals surface area contributed by atoms with Gasteiger partial charge >= 0.3 is 0 Å². The van der Waals surface area contributed by atoms with Crippen molar-refractivity contribution >= 4 is 0 Å². The maximum atomic E-state index is 3.91. The normalized spacial score (nSPS) is 23.8. The molecule has 0 fully saturated rings. The number of allylic oxidation sites excluding steroid dienone is 1. The Morgan fingerprint density at radius 2 is 2.12 bits per heavy atom. The highest BCUT2D eigenvalue weighted by Gasteiger charge is 2.32. The van der Waals surface area contributed by atoms with Crippen molar-refractivity contribution in [3.8, 4) is 0 Å². The van der Waals surface area contributed by atoms with E-state index in [0.29, 0.717) is 5.41 Å². The standard InChI is InChI=1S/C15H21N/c1-3-9-15(12-16-2)10-8-13-6-4-5-7-14(13)11-15/h3-7,16H,1,8-12H2,2H3. The second-order valence-corrected chi connectivity index (χ2v) is 4.97. The molecule has 0 amide bonds. The first-order valence-corrected chi connectivity index (χ1v) is 6.12. The van der Waals surface area contributed by atoms with Gasteiger partial charge in [0, 0.05) is 6.54 Å². The number of benzene rings is 1. The molecule has 1 aromatic rings. The van der Waals surface area contributed by atoms with Gasteiger partial charge in [-0.3, -0.25) is 0 Å². The quantitative estimate of drug-likeness (QED) is 0.761. The Balaban J connectivity index is 2.23. The number of nitrogens with one attached hydrogen (secondary N) is 1. The van der Waals surface area contributed by atoms with Crippen LogP contribution in [0.15, 0.2) is 36.9 Å². The SMILES string of the molecule is C=CCC1(CNC)CCc2ccccc2C1. The first kappa shape index (κ1) is 11.4. The van der Waals surface area contributed by atoms with Crippen LogP contribution in [0, 0.1) is 5.41 Å². The van der Waals surface area contributed by atoms with Crippen molar-refractivity contribution < 1.29 is 0 Å². The Labute approximate surface area is 98.6 Å². The molecule has 1 N–H and O–H groups in total. The van der Waals surface area contributed by atoms with Crippen molar-refractivity contribution in [3.63, 3.8) is 0 Å². The zero-order valence-electron chi connectivity index (χ0n) is 10.1. The van der Waals surface area contributed by atoms with Crippen LogP contribution in [-0.4, -0.2) is 13.6 Å². The molecule has 86 valence electrons. The van der Waals surface area contributed by atoms with Crippen molar-refractivity contribution in [3.05, 3.63) is 48.0 Å². The fourth-order valence-corrected chi connectivity index (χ4v) is 2.94. The van der Waals surface area contributed by atoms with Gasteiger partial charge in [0.1, 0.15) is 0 Å². The fourth-order valence-electron chi connectivity index (χ4n) is 2.94. The average molecular weight is 215 g/mol. The Morgan fingerprint density at radius 1 is 1.38 bits per heavy atom. The molecule has 0 saturated carbocycles. The van der Waals surface area contributed by atoms with Gasteiger partial charge < -0.3 is 5.32 Å². The highest BCUT2D eigenvalue weighted by Crippen LogP contribution is 2.38. The molecule has 1 aliphatic rings. The molecule has 0 spiro atoms. The number of aryl methyl sites for hydroxylation is 1. The smallest absolute Gasteiger partial charge is 0.00111 e. The maximum Gasteiger partial charge on any atom is 0.00111 e. The van der Waals surface area contributed by atoms with Crippen LogP contribution < -0.4 is 5.32 Å². The van der Waals surface area contributed by atoms with Crippen LogP contribution >= 0.6 is 0 Å². The van der Waals surface area contributed by atoms with Crippen molar-refractivity contribution in [1.82, 2.24) is 5.32 Å². The van der Waals surface area contributed by atoms with Gasteiger partial charge in [-0.1, -0.05) is 30.3 Å². The summed E-state index contributed by atoms with van der Waals surface area (Å²) < 4.78 is 0. The monoisotopic (exact) mass is 215 g/mol. The molecule has 0 aromatic heterocycles. The van der Waals surface area contributed by atoms with E-state index in [2.05, 4.69) is 42.2 Å². The van der Waals surface area contributed by atoms with E-state index in [4.69, 9.17) is 0 Å². The van der Waals surface area contributed by atoms with E-state index in [-0.39, 0.29) is 0 Å². The summed E-state index contributed by atoms with van der Waals surface area (Å²) in [5, 5.41) is 3.35. The minimum absolute atomic E-state index is 0.394. The molecular formula is C15H21N. The van der Waals surface area contributed by atoms with Gasteiger partial charge in [-0.05, 0) is 49.3 Å².